The molecule has 1 aromatic heterocycles. The number of likely N-dealkylation sites (tertiary alicyclic amines) is 1. The van der Waals surface area contributed by atoms with Gasteiger partial charge in [0.1, 0.15) is 5.60 Å². The minimum Gasteiger partial charge on any atom is -0.478 e. The van der Waals surface area contributed by atoms with Crippen molar-refractivity contribution in [1.82, 2.24) is 4.90 Å². The van der Waals surface area contributed by atoms with Crippen molar-refractivity contribution in [2.75, 3.05) is 19.6 Å². The van der Waals surface area contributed by atoms with Gasteiger partial charge in [-0.1, -0.05) is 6.92 Å². The molecule has 0 aliphatic carbocycles. The first-order valence-corrected chi connectivity index (χ1v) is 6.71. The Kier molecular flexibility index (Phi) is 3.51. The molecule has 1 aliphatic rings. The molecular formula is C12H17NO3S. The predicted molar refractivity (Wildman–Crippen MR) is 66.5 cm³/mol. The maximum absolute atomic E-state index is 11.1. The van der Waals surface area contributed by atoms with Crippen molar-refractivity contribution in [3.63, 3.8) is 0 Å². The van der Waals surface area contributed by atoms with Crippen LogP contribution in [0.1, 0.15) is 35.0 Å². The lowest BCUT2D eigenvalue weighted by Gasteiger charge is -2.37. The van der Waals surface area contributed by atoms with Crippen molar-refractivity contribution in [3.8, 4) is 0 Å². The number of carbonyl (C=O) groups is 1. The summed E-state index contributed by atoms with van der Waals surface area (Å²) in [6.07, 6.45) is 1.23. The van der Waals surface area contributed by atoms with Crippen LogP contribution in [0, 0.1) is 0 Å². The topological polar surface area (TPSA) is 60.8 Å². The van der Waals surface area contributed by atoms with Gasteiger partial charge in [-0.25, -0.2) is 4.79 Å². The number of hydrogen-bond acceptors (Lipinski definition) is 4. The Labute approximate surface area is 104 Å². The van der Waals surface area contributed by atoms with E-state index in [1.54, 1.807) is 11.4 Å². The standard InChI is InChI=1S/C12H17NO3S/c1-2-13-6-4-12(16,5-7-13)10-9(11(14)15)3-8-17-10/h3,8,16H,2,4-7H2,1H3,(H,14,15). The molecule has 2 rings (SSSR count). The molecule has 0 spiro atoms. The summed E-state index contributed by atoms with van der Waals surface area (Å²) < 4.78 is 0. The molecule has 0 saturated carbocycles. The van der Waals surface area contributed by atoms with E-state index in [4.69, 9.17) is 5.11 Å². The monoisotopic (exact) mass is 255 g/mol. The van der Waals surface area contributed by atoms with E-state index in [0.29, 0.717) is 17.7 Å². The van der Waals surface area contributed by atoms with Gasteiger partial charge in [0.2, 0.25) is 0 Å². The van der Waals surface area contributed by atoms with Crippen molar-refractivity contribution in [1.29, 1.82) is 0 Å². The third-order valence-corrected chi connectivity index (χ3v) is 4.56. The van der Waals surface area contributed by atoms with E-state index >= 15 is 0 Å². The molecule has 2 heterocycles. The highest BCUT2D eigenvalue weighted by atomic mass is 32.1. The highest BCUT2D eigenvalue weighted by molar-refractivity contribution is 7.10. The van der Waals surface area contributed by atoms with Crippen LogP contribution >= 0.6 is 11.3 Å². The third-order valence-electron chi connectivity index (χ3n) is 3.45. The molecule has 0 aromatic carbocycles. The Balaban J connectivity index is 2.21. The first-order valence-electron chi connectivity index (χ1n) is 5.83. The Morgan fingerprint density at radius 3 is 2.71 bits per heavy atom. The van der Waals surface area contributed by atoms with Crippen LogP contribution in [0.2, 0.25) is 0 Å². The second-order valence-corrected chi connectivity index (χ2v) is 5.35. The van der Waals surface area contributed by atoms with E-state index in [9.17, 15) is 9.90 Å². The number of carboxylic acids is 1. The Morgan fingerprint density at radius 2 is 2.18 bits per heavy atom. The minimum atomic E-state index is -0.951. The van der Waals surface area contributed by atoms with Gasteiger partial charge >= 0.3 is 5.97 Å². The molecule has 0 amide bonds. The minimum absolute atomic E-state index is 0.252. The van der Waals surface area contributed by atoms with Gasteiger partial charge in [-0.15, -0.1) is 11.3 Å². The number of aromatic carboxylic acids is 1. The second kappa shape index (κ2) is 4.76. The maximum Gasteiger partial charge on any atom is 0.336 e. The summed E-state index contributed by atoms with van der Waals surface area (Å²) in [6, 6.07) is 1.58. The van der Waals surface area contributed by atoms with Crippen molar-refractivity contribution in [2.24, 2.45) is 0 Å². The average Bonchev–Trinajstić information content (AvgIpc) is 2.80. The molecule has 0 radical (unpaired) electrons. The van der Waals surface area contributed by atoms with Crippen LogP contribution in [-0.4, -0.2) is 40.7 Å². The zero-order chi connectivity index (χ0) is 12.5. The molecule has 1 fully saturated rings. The normalized spacial score (nSPS) is 20.4. The summed E-state index contributed by atoms with van der Waals surface area (Å²) in [4.78, 5) is 14.0. The van der Waals surface area contributed by atoms with E-state index in [0.717, 1.165) is 19.6 Å². The quantitative estimate of drug-likeness (QED) is 0.864. The van der Waals surface area contributed by atoms with Gasteiger partial charge in [0.15, 0.2) is 0 Å². The van der Waals surface area contributed by atoms with Gasteiger partial charge in [0.05, 0.1) is 10.4 Å². The maximum atomic E-state index is 11.1. The molecule has 0 bridgehead atoms. The molecule has 1 saturated heterocycles. The van der Waals surface area contributed by atoms with Crippen LogP contribution in [0.3, 0.4) is 0 Å². The van der Waals surface area contributed by atoms with E-state index in [-0.39, 0.29) is 5.56 Å². The summed E-state index contributed by atoms with van der Waals surface area (Å²) in [5, 5.41) is 21.4. The van der Waals surface area contributed by atoms with Gasteiger partial charge in [0.25, 0.3) is 0 Å². The highest BCUT2D eigenvalue weighted by Gasteiger charge is 2.37. The second-order valence-electron chi connectivity index (χ2n) is 4.43. The number of thiophene rings is 1. The molecule has 0 unspecified atom stereocenters. The largest absolute Gasteiger partial charge is 0.478 e. The van der Waals surface area contributed by atoms with Crippen molar-refractivity contribution in [2.45, 2.75) is 25.4 Å². The number of piperidine rings is 1. The molecule has 5 heteroatoms. The van der Waals surface area contributed by atoms with Crippen molar-refractivity contribution in [3.05, 3.63) is 21.9 Å². The highest BCUT2D eigenvalue weighted by Crippen LogP contribution is 2.37. The number of nitrogens with zero attached hydrogens (tertiary/aromatic N) is 1. The number of hydrogen-bond donors (Lipinski definition) is 2. The van der Waals surface area contributed by atoms with Crippen LogP contribution in [-0.2, 0) is 5.60 Å². The number of rotatable bonds is 3. The lowest BCUT2D eigenvalue weighted by atomic mass is 9.88. The Morgan fingerprint density at radius 1 is 1.53 bits per heavy atom. The van der Waals surface area contributed by atoms with Crippen molar-refractivity contribution >= 4 is 17.3 Å². The van der Waals surface area contributed by atoms with Crippen molar-refractivity contribution < 1.29 is 15.0 Å². The lowest BCUT2D eigenvalue weighted by molar-refractivity contribution is -0.0225. The van der Waals surface area contributed by atoms with Crippen LogP contribution in [0.15, 0.2) is 11.4 Å². The first kappa shape index (κ1) is 12.5. The van der Waals surface area contributed by atoms with Gasteiger partial charge in [-0.2, -0.15) is 0 Å². The average molecular weight is 255 g/mol. The van der Waals surface area contributed by atoms with Crippen LogP contribution in [0.4, 0.5) is 0 Å². The van der Waals surface area contributed by atoms with Gasteiger partial charge in [0, 0.05) is 13.1 Å². The molecule has 2 N–H and O–H groups in total. The summed E-state index contributed by atoms with van der Waals surface area (Å²) >= 11 is 1.34. The van der Waals surface area contributed by atoms with E-state index < -0.39 is 11.6 Å². The lowest BCUT2D eigenvalue weighted by Crippen LogP contribution is -2.42. The van der Waals surface area contributed by atoms with Crippen LogP contribution < -0.4 is 0 Å². The summed E-state index contributed by atoms with van der Waals surface area (Å²) in [6.45, 7) is 4.72. The smallest absolute Gasteiger partial charge is 0.336 e. The zero-order valence-electron chi connectivity index (χ0n) is 9.85. The van der Waals surface area contributed by atoms with E-state index in [1.165, 1.54) is 11.3 Å². The Bertz CT molecular complexity index is 408. The molecule has 17 heavy (non-hydrogen) atoms. The van der Waals surface area contributed by atoms with Crippen LogP contribution in [0.5, 0.6) is 0 Å². The molecule has 1 aliphatic heterocycles. The predicted octanol–water partition coefficient (Wildman–Crippen LogP) is 1.75. The molecule has 4 nitrogen and oxygen atoms in total. The van der Waals surface area contributed by atoms with Gasteiger partial charge < -0.3 is 15.1 Å². The van der Waals surface area contributed by atoms with Gasteiger partial charge in [-0.3, -0.25) is 0 Å². The fourth-order valence-electron chi connectivity index (χ4n) is 2.30. The molecule has 0 atom stereocenters. The fraction of sp³-hybridized carbons (Fsp3) is 0.583. The summed E-state index contributed by atoms with van der Waals surface area (Å²) in [5.74, 6) is -0.951. The SMILES string of the molecule is CCN1CCC(O)(c2sccc2C(=O)O)CC1. The fourth-order valence-corrected chi connectivity index (χ4v) is 3.35. The van der Waals surface area contributed by atoms with Gasteiger partial charge in [-0.05, 0) is 30.8 Å². The third kappa shape index (κ3) is 2.36. The summed E-state index contributed by atoms with van der Waals surface area (Å²) in [5.41, 5.74) is -0.699. The molecule has 94 valence electrons. The molecule has 1 aromatic rings. The summed E-state index contributed by atoms with van der Waals surface area (Å²) in [7, 11) is 0. The number of aliphatic hydroxyl groups is 1. The zero-order valence-corrected chi connectivity index (χ0v) is 10.7. The number of carboxylic acid groups (broad SMARTS) is 1. The van der Waals surface area contributed by atoms with E-state index in [1.807, 2.05) is 0 Å². The molecular weight excluding hydrogens is 238 g/mol. The Hall–Kier alpha value is -0.910. The first-order chi connectivity index (χ1) is 8.07. The van der Waals surface area contributed by atoms with E-state index in [2.05, 4.69) is 11.8 Å². The van der Waals surface area contributed by atoms with Crippen LogP contribution in [0.25, 0.3) is 0 Å².